The quantitative estimate of drug-likeness (QED) is 0.891. The van der Waals surface area contributed by atoms with E-state index < -0.39 is 10.0 Å². The highest BCUT2D eigenvalue weighted by atomic mass is 32.2. The van der Waals surface area contributed by atoms with Crippen molar-refractivity contribution in [2.45, 2.75) is 17.7 Å². The predicted molar refractivity (Wildman–Crippen MR) is 77.4 cm³/mol. The highest BCUT2D eigenvalue weighted by Gasteiger charge is 2.22. The Morgan fingerprint density at radius 2 is 2.19 bits per heavy atom. The molecule has 0 saturated carbocycles. The summed E-state index contributed by atoms with van der Waals surface area (Å²) in [6, 6.07) is 6.80. The smallest absolute Gasteiger partial charge is 0.265 e. The molecule has 7 nitrogen and oxygen atoms in total. The molecule has 1 amide bonds. The van der Waals surface area contributed by atoms with E-state index in [1.165, 1.54) is 12.4 Å². The van der Waals surface area contributed by atoms with E-state index in [4.69, 9.17) is 0 Å². The summed E-state index contributed by atoms with van der Waals surface area (Å²) in [5.41, 5.74) is 1.11. The van der Waals surface area contributed by atoms with Gasteiger partial charge in [-0.15, -0.1) is 0 Å². The number of sulfonamides is 1. The van der Waals surface area contributed by atoms with Gasteiger partial charge in [0, 0.05) is 24.8 Å². The van der Waals surface area contributed by atoms with Gasteiger partial charge in [-0.2, -0.15) is 5.10 Å². The van der Waals surface area contributed by atoms with Crippen LogP contribution in [0, 0.1) is 0 Å². The number of anilines is 2. The number of hydrogen-bond donors (Lipinski definition) is 2. The maximum atomic E-state index is 12.1. The average molecular weight is 306 g/mol. The molecule has 21 heavy (non-hydrogen) atoms. The Morgan fingerprint density at radius 3 is 2.86 bits per heavy atom. The van der Waals surface area contributed by atoms with E-state index in [2.05, 4.69) is 14.9 Å². The number of amides is 1. The predicted octanol–water partition coefficient (Wildman–Crippen LogP) is 1.34. The molecular formula is C13H14N4O3S. The number of carbonyl (C=O) groups excluding carboxylic acids is 1. The van der Waals surface area contributed by atoms with Crippen LogP contribution < -0.4 is 9.62 Å². The largest absolute Gasteiger partial charge is 0.312 e. The van der Waals surface area contributed by atoms with E-state index in [0.717, 1.165) is 6.42 Å². The number of benzene rings is 1. The van der Waals surface area contributed by atoms with Crippen LogP contribution in [0.3, 0.4) is 0 Å². The van der Waals surface area contributed by atoms with E-state index in [9.17, 15) is 13.2 Å². The second-order valence-corrected chi connectivity index (χ2v) is 6.42. The van der Waals surface area contributed by atoms with Gasteiger partial charge >= 0.3 is 0 Å². The lowest BCUT2D eigenvalue weighted by atomic mass is 10.2. The number of carbonyl (C=O) groups is 1. The molecule has 1 aliphatic heterocycles. The lowest BCUT2D eigenvalue weighted by molar-refractivity contribution is -0.117. The second kappa shape index (κ2) is 5.21. The first-order valence-electron chi connectivity index (χ1n) is 6.48. The summed E-state index contributed by atoms with van der Waals surface area (Å²) in [5.74, 6) is 0.0600. The van der Waals surface area contributed by atoms with Crippen LogP contribution in [0.25, 0.3) is 0 Å². The van der Waals surface area contributed by atoms with Crippen molar-refractivity contribution in [1.29, 1.82) is 0 Å². The first-order valence-corrected chi connectivity index (χ1v) is 7.97. The van der Waals surface area contributed by atoms with Crippen LogP contribution in [0.5, 0.6) is 0 Å². The standard InChI is InChI=1S/C13H14N4O3S/c18-13-5-2-6-17(13)11-4-1-3-10(7-11)16-21(19,20)12-8-14-15-9-12/h1,3-4,7-9,16H,2,5-6H2,(H,14,15). The van der Waals surface area contributed by atoms with Crippen molar-refractivity contribution in [3.8, 4) is 0 Å². The normalized spacial score (nSPS) is 15.4. The minimum Gasteiger partial charge on any atom is -0.312 e. The number of aromatic nitrogens is 2. The highest BCUT2D eigenvalue weighted by molar-refractivity contribution is 7.92. The van der Waals surface area contributed by atoms with Crippen molar-refractivity contribution >= 4 is 27.3 Å². The van der Waals surface area contributed by atoms with Gasteiger partial charge in [0.05, 0.1) is 11.9 Å². The van der Waals surface area contributed by atoms with Gasteiger partial charge in [0.25, 0.3) is 10.0 Å². The molecule has 1 aliphatic rings. The Balaban J connectivity index is 1.85. The summed E-state index contributed by atoms with van der Waals surface area (Å²) >= 11 is 0. The fourth-order valence-electron chi connectivity index (χ4n) is 2.26. The summed E-state index contributed by atoms with van der Waals surface area (Å²) < 4.78 is 26.7. The molecular weight excluding hydrogens is 292 g/mol. The van der Waals surface area contributed by atoms with Crippen molar-refractivity contribution in [2.24, 2.45) is 0 Å². The summed E-state index contributed by atoms with van der Waals surface area (Å²) in [4.78, 5) is 13.5. The zero-order valence-corrected chi connectivity index (χ0v) is 11.9. The molecule has 1 fully saturated rings. The summed E-state index contributed by atoms with van der Waals surface area (Å²) in [6.07, 6.45) is 3.89. The fraction of sp³-hybridized carbons (Fsp3) is 0.231. The van der Waals surface area contributed by atoms with Gasteiger partial charge in [-0.1, -0.05) is 6.07 Å². The van der Waals surface area contributed by atoms with E-state index in [0.29, 0.717) is 24.3 Å². The number of hydrogen-bond acceptors (Lipinski definition) is 4. The van der Waals surface area contributed by atoms with Crippen LogP contribution >= 0.6 is 0 Å². The van der Waals surface area contributed by atoms with Gasteiger partial charge < -0.3 is 4.90 Å². The molecule has 0 radical (unpaired) electrons. The fourth-order valence-corrected chi connectivity index (χ4v) is 3.21. The average Bonchev–Trinajstić information content (AvgIpc) is 3.09. The molecule has 2 aromatic rings. The Hall–Kier alpha value is -2.35. The van der Waals surface area contributed by atoms with E-state index >= 15 is 0 Å². The van der Waals surface area contributed by atoms with Gasteiger partial charge in [0.1, 0.15) is 4.90 Å². The molecule has 0 bridgehead atoms. The molecule has 0 atom stereocenters. The molecule has 1 saturated heterocycles. The first kappa shape index (κ1) is 13.6. The monoisotopic (exact) mass is 306 g/mol. The van der Waals surface area contributed by atoms with Crippen LogP contribution in [0.2, 0.25) is 0 Å². The lowest BCUT2D eigenvalue weighted by Crippen LogP contribution is -2.23. The molecule has 0 spiro atoms. The van der Waals surface area contributed by atoms with Crippen LogP contribution in [-0.4, -0.2) is 31.1 Å². The van der Waals surface area contributed by atoms with E-state index in [-0.39, 0.29) is 10.8 Å². The number of aromatic amines is 1. The molecule has 1 aromatic carbocycles. The molecule has 0 aliphatic carbocycles. The highest BCUT2D eigenvalue weighted by Crippen LogP contribution is 2.25. The molecule has 3 rings (SSSR count). The SMILES string of the molecule is O=C1CCCN1c1cccc(NS(=O)(=O)c2cn[nH]c2)c1. The zero-order valence-electron chi connectivity index (χ0n) is 11.1. The minimum atomic E-state index is -3.67. The van der Waals surface area contributed by atoms with E-state index in [1.54, 1.807) is 29.2 Å². The molecule has 1 aromatic heterocycles. The molecule has 2 N–H and O–H groups in total. The maximum Gasteiger partial charge on any atom is 0.265 e. The first-order chi connectivity index (χ1) is 10.1. The lowest BCUT2D eigenvalue weighted by Gasteiger charge is -2.16. The molecule has 0 unspecified atom stereocenters. The van der Waals surface area contributed by atoms with Crippen molar-refractivity contribution in [3.63, 3.8) is 0 Å². The van der Waals surface area contributed by atoms with Gasteiger partial charge in [0.2, 0.25) is 5.91 Å². The topological polar surface area (TPSA) is 95.2 Å². The Bertz CT molecular complexity index is 755. The summed E-state index contributed by atoms with van der Waals surface area (Å²) in [7, 11) is -3.67. The van der Waals surface area contributed by atoms with Crippen LogP contribution in [-0.2, 0) is 14.8 Å². The number of nitrogens with zero attached hydrogens (tertiary/aromatic N) is 2. The van der Waals surface area contributed by atoms with Crippen molar-refractivity contribution in [1.82, 2.24) is 10.2 Å². The van der Waals surface area contributed by atoms with Crippen molar-refractivity contribution in [3.05, 3.63) is 36.7 Å². The third kappa shape index (κ3) is 2.75. The minimum absolute atomic E-state index is 0.0600. The van der Waals surface area contributed by atoms with Crippen LogP contribution in [0.4, 0.5) is 11.4 Å². The van der Waals surface area contributed by atoms with Crippen molar-refractivity contribution in [2.75, 3.05) is 16.2 Å². The number of rotatable bonds is 4. The summed E-state index contributed by atoms with van der Waals surface area (Å²) in [5, 5.41) is 6.09. The maximum absolute atomic E-state index is 12.1. The third-order valence-corrected chi connectivity index (χ3v) is 4.62. The van der Waals surface area contributed by atoms with Gasteiger partial charge in [0.15, 0.2) is 0 Å². The van der Waals surface area contributed by atoms with Gasteiger partial charge in [-0.25, -0.2) is 8.42 Å². The van der Waals surface area contributed by atoms with E-state index in [1.807, 2.05) is 0 Å². The number of nitrogens with one attached hydrogen (secondary N) is 2. The Labute approximate surface area is 122 Å². The molecule has 8 heteroatoms. The zero-order chi connectivity index (χ0) is 14.9. The Morgan fingerprint density at radius 1 is 1.33 bits per heavy atom. The second-order valence-electron chi connectivity index (χ2n) is 4.74. The van der Waals surface area contributed by atoms with Crippen molar-refractivity contribution < 1.29 is 13.2 Å². The van der Waals surface area contributed by atoms with Crippen LogP contribution in [0.15, 0.2) is 41.6 Å². The molecule has 2 heterocycles. The number of H-pyrrole nitrogens is 1. The van der Waals surface area contributed by atoms with Gasteiger partial charge in [-0.3, -0.25) is 14.6 Å². The third-order valence-electron chi connectivity index (χ3n) is 3.27. The summed E-state index contributed by atoms with van der Waals surface area (Å²) in [6.45, 7) is 0.663. The van der Waals surface area contributed by atoms with Gasteiger partial charge in [-0.05, 0) is 24.6 Å². The Kier molecular flexibility index (Phi) is 3.38. The molecule has 110 valence electrons. The van der Waals surface area contributed by atoms with Crippen LogP contribution in [0.1, 0.15) is 12.8 Å².